The molecule has 1 heterocycles. The molecular formula is C19H34N2. The first kappa shape index (κ1) is 18.2. The molecule has 0 fully saturated rings. The first-order valence-electron chi connectivity index (χ1n) is 8.92. The van der Waals surface area contributed by atoms with Gasteiger partial charge in [-0.3, -0.25) is 4.98 Å². The maximum absolute atomic E-state index is 4.22. The van der Waals surface area contributed by atoms with Crippen molar-refractivity contribution in [2.45, 2.75) is 78.2 Å². The fourth-order valence-corrected chi connectivity index (χ4v) is 2.92. The molecule has 1 N–H and O–H groups in total. The third-order valence-corrected chi connectivity index (χ3v) is 4.35. The number of pyridine rings is 1. The smallest absolute Gasteiger partial charge is 0.0299 e. The molecule has 0 saturated heterocycles. The molecule has 0 radical (unpaired) electrons. The van der Waals surface area contributed by atoms with Gasteiger partial charge in [0.2, 0.25) is 0 Å². The molecule has 21 heavy (non-hydrogen) atoms. The summed E-state index contributed by atoms with van der Waals surface area (Å²) in [5.41, 5.74) is 1.36. The number of hydrogen-bond acceptors (Lipinski definition) is 2. The molecule has 1 rings (SSSR count). The van der Waals surface area contributed by atoms with Gasteiger partial charge >= 0.3 is 0 Å². The summed E-state index contributed by atoms with van der Waals surface area (Å²) in [5.74, 6) is 0.883. The zero-order chi connectivity index (χ0) is 15.3. The molecule has 2 atom stereocenters. The Morgan fingerprint density at radius 2 is 2.00 bits per heavy atom. The molecule has 1 aromatic rings. The van der Waals surface area contributed by atoms with Crippen molar-refractivity contribution >= 4 is 0 Å². The second-order valence-corrected chi connectivity index (χ2v) is 6.20. The van der Waals surface area contributed by atoms with E-state index in [9.17, 15) is 0 Å². The summed E-state index contributed by atoms with van der Waals surface area (Å²) in [6.07, 6.45) is 14.2. The second-order valence-electron chi connectivity index (χ2n) is 6.20. The third-order valence-electron chi connectivity index (χ3n) is 4.35. The molecule has 0 bridgehead atoms. The molecule has 0 amide bonds. The third kappa shape index (κ3) is 8.21. The van der Waals surface area contributed by atoms with Gasteiger partial charge in [-0.25, -0.2) is 0 Å². The van der Waals surface area contributed by atoms with E-state index in [4.69, 9.17) is 0 Å². The Morgan fingerprint density at radius 1 is 1.14 bits per heavy atom. The standard InChI is InChI=1S/C19H34N2/c1-4-7-9-17(6-3)15-19(21-13-5-2)12-11-18-10-8-14-20-16-18/h8,10,14,16-17,19,21H,4-7,9,11-13,15H2,1-3H3. The number of nitrogens with zero attached hydrogens (tertiary/aromatic N) is 1. The molecular weight excluding hydrogens is 256 g/mol. The maximum Gasteiger partial charge on any atom is 0.0299 e. The number of unbranched alkanes of at least 4 members (excludes halogenated alkanes) is 1. The summed E-state index contributed by atoms with van der Waals surface area (Å²) in [6, 6.07) is 4.89. The van der Waals surface area contributed by atoms with Crippen LogP contribution in [0.1, 0.15) is 71.3 Å². The number of rotatable bonds is 12. The van der Waals surface area contributed by atoms with Crippen molar-refractivity contribution < 1.29 is 0 Å². The molecule has 1 aromatic heterocycles. The van der Waals surface area contributed by atoms with Crippen molar-refractivity contribution in [1.82, 2.24) is 10.3 Å². The predicted molar refractivity (Wildman–Crippen MR) is 92.6 cm³/mol. The minimum atomic E-state index is 0.659. The fourth-order valence-electron chi connectivity index (χ4n) is 2.92. The summed E-state index contributed by atoms with van der Waals surface area (Å²) in [5, 5.41) is 3.76. The van der Waals surface area contributed by atoms with Crippen LogP contribution in [0.5, 0.6) is 0 Å². The first-order valence-corrected chi connectivity index (χ1v) is 8.92. The van der Waals surface area contributed by atoms with Crippen LogP contribution in [-0.2, 0) is 6.42 Å². The Balaban J connectivity index is 2.45. The highest BCUT2D eigenvalue weighted by Gasteiger charge is 2.14. The molecule has 0 aliphatic heterocycles. The lowest BCUT2D eigenvalue weighted by atomic mass is 9.90. The van der Waals surface area contributed by atoms with Crippen LogP contribution in [0.25, 0.3) is 0 Å². The summed E-state index contributed by atoms with van der Waals surface area (Å²) in [6.45, 7) is 8.03. The van der Waals surface area contributed by atoms with Crippen molar-refractivity contribution in [3.05, 3.63) is 30.1 Å². The number of hydrogen-bond donors (Lipinski definition) is 1. The van der Waals surface area contributed by atoms with E-state index in [-0.39, 0.29) is 0 Å². The largest absolute Gasteiger partial charge is 0.314 e. The molecule has 120 valence electrons. The van der Waals surface area contributed by atoms with Crippen molar-refractivity contribution in [3.8, 4) is 0 Å². The van der Waals surface area contributed by atoms with Gasteiger partial charge in [-0.1, -0.05) is 52.5 Å². The van der Waals surface area contributed by atoms with Gasteiger partial charge in [0.15, 0.2) is 0 Å². The van der Waals surface area contributed by atoms with Crippen LogP contribution in [0.2, 0.25) is 0 Å². The molecule has 0 aromatic carbocycles. The summed E-state index contributed by atoms with van der Waals surface area (Å²) < 4.78 is 0. The molecule has 2 unspecified atom stereocenters. The Hall–Kier alpha value is -0.890. The van der Waals surface area contributed by atoms with E-state index in [1.807, 2.05) is 18.5 Å². The monoisotopic (exact) mass is 290 g/mol. The SMILES string of the molecule is CCCCC(CC)CC(CCc1cccnc1)NCCC. The van der Waals surface area contributed by atoms with E-state index in [2.05, 4.69) is 37.1 Å². The van der Waals surface area contributed by atoms with Crippen molar-refractivity contribution in [2.24, 2.45) is 5.92 Å². The van der Waals surface area contributed by atoms with Crippen LogP contribution in [0.15, 0.2) is 24.5 Å². The highest BCUT2D eigenvalue weighted by atomic mass is 14.9. The molecule has 2 heteroatoms. The molecule has 2 nitrogen and oxygen atoms in total. The molecule has 0 saturated carbocycles. The Morgan fingerprint density at radius 3 is 2.62 bits per heavy atom. The lowest BCUT2D eigenvalue weighted by Gasteiger charge is -2.24. The Bertz CT molecular complexity index is 337. The van der Waals surface area contributed by atoms with Gasteiger partial charge in [0.1, 0.15) is 0 Å². The van der Waals surface area contributed by atoms with Crippen LogP contribution < -0.4 is 5.32 Å². The second kappa shape index (κ2) is 11.7. The van der Waals surface area contributed by atoms with E-state index in [0.29, 0.717) is 6.04 Å². The zero-order valence-electron chi connectivity index (χ0n) is 14.3. The number of aryl methyl sites for hydroxylation is 1. The van der Waals surface area contributed by atoms with Crippen LogP contribution in [-0.4, -0.2) is 17.6 Å². The first-order chi connectivity index (χ1) is 10.3. The Labute approximate surface area is 131 Å². The summed E-state index contributed by atoms with van der Waals surface area (Å²) in [4.78, 5) is 4.22. The van der Waals surface area contributed by atoms with Gasteiger partial charge < -0.3 is 5.32 Å². The quantitative estimate of drug-likeness (QED) is 0.586. The van der Waals surface area contributed by atoms with Crippen LogP contribution >= 0.6 is 0 Å². The van der Waals surface area contributed by atoms with Crippen molar-refractivity contribution in [2.75, 3.05) is 6.54 Å². The van der Waals surface area contributed by atoms with Crippen LogP contribution in [0, 0.1) is 5.92 Å². The van der Waals surface area contributed by atoms with E-state index in [0.717, 1.165) is 18.9 Å². The van der Waals surface area contributed by atoms with Crippen LogP contribution in [0.3, 0.4) is 0 Å². The molecule has 0 aliphatic carbocycles. The number of aromatic nitrogens is 1. The van der Waals surface area contributed by atoms with Gasteiger partial charge in [-0.05, 0) is 49.8 Å². The average molecular weight is 290 g/mol. The molecule has 0 aliphatic rings. The predicted octanol–water partition coefficient (Wildman–Crippen LogP) is 4.99. The van der Waals surface area contributed by atoms with E-state index >= 15 is 0 Å². The topological polar surface area (TPSA) is 24.9 Å². The van der Waals surface area contributed by atoms with E-state index in [1.165, 1.54) is 50.5 Å². The van der Waals surface area contributed by atoms with E-state index in [1.54, 1.807) is 0 Å². The highest BCUT2D eigenvalue weighted by Crippen LogP contribution is 2.20. The lowest BCUT2D eigenvalue weighted by molar-refractivity contribution is 0.337. The maximum atomic E-state index is 4.22. The Kier molecular flexibility index (Phi) is 10.1. The van der Waals surface area contributed by atoms with Crippen molar-refractivity contribution in [3.63, 3.8) is 0 Å². The lowest BCUT2D eigenvalue weighted by Crippen LogP contribution is -2.32. The van der Waals surface area contributed by atoms with Gasteiger partial charge in [-0.2, -0.15) is 0 Å². The highest BCUT2D eigenvalue weighted by molar-refractivity contribution is 5.08. The van der Waals surface area contributed by atoms with Gasteiger partial charge in [-0.15, -0.1) is 0 Å². The fraction of sp³-hybridized carbons (Fsp3) is 0.737. The number of nitrogens with one attached hydrogen (secondary N) is 1. The van der Waals surface area contributed by atoms with Gasteiger partial charge in [0.25, 0.3) is 0 Å². The van der Waals surface area contributed by atoms with Gasteiger partial charge in [0, 0.05) is 18.4 Å². The van der Waals surface area contributed by atoms with E-state index < -0.39 is 0 Å². The minimum Gasteiger partial charge on any atom is -0.314 e. The van der Waals surface area contributed by atoms with Crippen LogP contribution in [0.4, 0.5) is 0 Å². The molecule has 0 spiro atoms. The van der Waals surface area contributed by atoms with Crippen molar-refractivity contribution in [1.29, 1.82) is 0 Å². The normalized spacial score (nSPS) is 14.0. The summed E-state index contributed by atoms with van der Waals surface area (Å²) >= 11 is 0. The minimum absolute atomic E-state index is 0.659. The average Bonchev–Trinajstić information content (AvgIpc) is 2.54. The summed E-state index contributed by atoms with van der Waals surface area (Å²) in [7, 11) is 0. The zero-order valence-corrected chi connectivity index (χ0v) is 14.3. The van der Waals surface area contributed by atoms with Gasteiger partial charge in [0.05, 0.1) is 0 Å².